The van der Waals surface area contributed by atoms with Crippen LogP contribution in [0.25, 0.3) is 11.0 Å². The Morgan fingerprint density at radius 1 is 1.04 bits per heavy atom. The van der Waals surface area contributed by atoms with Gasteiger partial charge in [0.2, 0.25) is 5.91 Å². The number of aromatic nitrogens is 2. The van der Waals surface area contributed by atoms with Gasteiger partial charge in [-0.25, -0.2) is 9.18 Å². The van der Waals surface area contributed by atoms with Gasteiger partial charge in [0.25, 0.3) is 0 Å². The average molecular weight is 341 g/mol. The number of fused-ring (bicyclic) bond motifs is 1. The standard InChI is InChI=1S/C19H20FN3O2/c1-2-22-16-5-3-4-6-17(16)23(19(22)25)13-18(24)21-12-11-14-7-9-15(20)10-8-14/h3-10H,2,11-13H2,1H3,(H,21,24). The lowest BCUT2D eigenvalue weighted by molar-refractivity contribution is -0.121. The predicted octanol–water partition coefficient (Wildman–Crippen LogP) is 2.32. The van der Waals surface area contributed by atoms with Crippen LogP contribution in [0.15, 0.2) is 53.3 Å². The van der Waals surface area contributed by atoms with Crippen molar-refractivity contribution in [2.45, 2.75) is 26.4 Å². The van der Waals surface area contributed by atoms with Crippen molar-refractivity contribution in [1.29, 1.82) is 0 Å². The van der Waals surface area contributed by atoms with E-state index >= 15 is 0 Å². The zero-order valence-electron chi connectivity index (χ0n) is 14.0. The second-order valence-corrected chi connectivity index (χ2v) is 5.83. The number of para-hydroxylation sites is 2. The number of halogens is 1. The number of amides is 1. The molecule has 1 heterocycles. The zero-order chi connectivity index (χ0) is 17.8. The minimum absolute atomic E-state index is 0.0181. The molecule has 1 amide bonds. The lowest BCUT2D eigenvalue weighted by Crippen LogP contribution is -2.34. The maximum atomic E-state index is 12.9. The SMILES string of the molecule is CCn1c(=O)n(CC(=O)NCCc2ccc(F)cc2)c2ccccc21. The molecular weight excluding hydrogens is 321 g/mol. The molecule has 0 atom stereocenters. The third-order valence-corrected chi connectivity index (χ3v) is 4.19. The van der Waals surface area contributed by atoms with Gasteiger partial charge in [-0.2, -0.15) is 0 Å². The van der Waals surface area contributed by atoms with Gasteiger partial charge >= 0.3 is 5.69 Å². The number of benzene rings is 2. The van der Waals surface area contributed by atoms with Crippen molar-refractivity contribution in [1.82, 2.24) is 14.5 Å². The van der Waals surface area contributed by atoms with Crippen molar-refractivity contribution in [2.75, 3.05) is 6.54 Å². The number of nitrogens with one attached hydrogen (secondary N) is 1. The van der Waals surface area contributed by atoms with E-state index in [0.29, 0.717) is 19.5 Å². The zero-order valence-corrected chi connectivity index (χ0v) is 14.0. The summed E-state index contributed by atoms with van der Waals surface area (Å²) in [6.45, 7) is 2.88. The Labute approximate surface area is 144 Å². The van der Waals surface area contributed by atoms with E-state index in [-0.39, 0.29) is 24.0 Å². The summed E-state index contributed by atoms with van der Waals surface area (Å²) in [5, 5.41) is 2.81. The molecule has 5 nitrogen and oxygen atoms in total. The highest BCUT2D eigenvalue weighted by Crippen LogP contribution is 2.12. The van der Waals surface area contributed by atoms with E-state index in [1.807, 2.05) is 31.2 Å². The van der Waals surface area contributed by atoms with Gasteiger partial charge in [0, 0.05) is 13.1 Å². The average Bonchev–Trinajstić information content (AvgIpc) is 2.88. The number of hydrogen-bond acceptors (Lipinski definition) is 2. The summed E-state index contributed by atoms with van der Waals surface area (Å²) in [5.74, 6) is -0.498. The molecule has 3 rings (SSSR count). The normalized spacial score (nSPS) is 11.0. The highest BCUT2D eigenvalue weighted by Gasteiger charge is 2.14. The van der Waals surface area contributed by atoms with E-state index in [2.05, 4.69) is 5.32 Å². The Morgan fingerprint density at radius 2 is 1.68 bits per heavy atom. The van der Waals surface area contributed by atoms with Gasteiger partial charge < -0.3 is 5.32 Å². The highest BCUT2D eigenvalue weighted by atomic mass is 19.1. The summed E-state index contributed by atoms with van der Waals surface area (Å²) < 4.78 is 16.0. The largest absolute Gasteiger partial charge is 0.354 e. The smallest absolute Gasteiger partial charge is 0.329 e. The minimum atomic E-state index is -0.278. The topological polar surface area (TPSA) is 56.0 Å². The monoisotopic (exact) mass is 341 g/mol. The summed E-state index contributed by atoms with van der Waals surface area (Å²) in [7, 11) is 0. The first-order chi connectivity index (χ1) is 12.1. The molecule has 0 saturated heterocycles. The molecule has 0 spiro atoms. The fraction of sp³-hybridized carbons (Fsp3) is 0.263. The number of nitrogens with zero attached hydrogens (tertiary/aromatic N) is 2. The maximum absolute atomic E-state index is 12.9. The van der Waals surface area contributed by atoms with Gasteiger partial charge in [-0.15, -0.1) is 0 Å². The maximum Gasteiger partial charge on any atom is 0.329 e. The molecule has 3 aromatic rings. The molecule has 6 heteroatoms. The van der Waals surface area contributed by atoms with Gasteiger partial charge in [0.15, 0.2) is 0 Å². The first kappa shape index (κ1) is 17.0. The number of aryl methyl sites for hydroxylation is 1. The molecule has 0 aliphatic rings. The van der Waals surface area contributed by atoms with Crippen LogP contribution in [0.3, 0.4) is 0 Å². The van der Waals surface area contributed by atoms with Crippen LogP contribution < -0.4 is 11.0 Å². The first-order valence-corrected chi connectivity index (χ1v) is 8.29. The van der Waals surface area contributed by atoms with E-state index in [9.17, 15) is 14.0 Å². The fourth-order valence-corrected chi connectivity index (χ4v) is 2.93. The summed E-state index contributed by atoms with van der Waals surface area (Å²) in [6.07, 6.45) is 0.609. The minimum Gasteiger partial charge on any atom is -0.354 e. The van der Waals surface area contributed by atoms with Gasteiger partial charge in [-0.1, -0.05) is 24.3 Å². The molecule has 0 aliphatic heterocycles. The predicted molar refractivity (Wildman–Crippen MR) is 95.0 cm³/mol. The molecule has 0 radical (unpaired) electrons. The van der Waals surface area contributed by atoms with Crippen LogP contribution in [0.1, 0.15) is 12.5 Å². The van der Waals surface area contributed by atoms with Crippen LogP contribution in [0.4, 0.5) is 4.39 Å². The van der Waals surface area contributed by atoms with Crippen molar-refractivity contribution < 1.29 is 9.18 Å². The van der Waals surface area contributed by atoms with Crippen LogP contribution in [0.5, 0.6) is 0 Å². The third kappa shape index (κ3) is 3.63. The van der Waals surface area contributed by atoms with Crippen LogP contribution in [-0.4, -0.2) is 21.6 Å². The summed E-state index contributed by atoms with van der Waals surface area (Å²) >= 11 is 0. The van der Waals surface area contributed by atoms with Crippen molar-refractivity contribution in [2.24, 2.45) is 0 Å². The Kier molecular flexibility index (Phi) is 4.97. The summed E-state index contributed by atoms with van der Waals surface area (Å²) in [6, 6.07) is 13.6. The number of rotatable bonds is 6. The van der Waals surface area contributed by atoms with Crippen molar-refractivity contribution >= 4 is 16.9 Å². The molecule has 0 fully saturated rings. The lowest BCUT2D eigenvalue weighted by atomic mass is 10.1. The van der Waals surface area contributed by atoms with Crippen LogP contribution >= 0.6 is 0 Å². The molecule has 130 valence electrons. The summed E-state index contributed by atoms with van der Waals surface area (Å²) in [4.78, 5) is 24.7. The quantitative estimate of drug-likeness (QED) is 0.748. The van der Waals surface area contributed by atoms with Gasteiger partial charge in [0.05, 0.1) is 11.0 Å². The second-order valence-electron chi connectivity index (χ2n) is 5.83. The Balaban J connectivity index is 1.67. The Morgan fingerprint density at radius 3 is 2.32 bits per heavy atom. The van der Waals surface area contributed by atoms with Crippen LogP contribution in [0, 0.1) is 5.82 Å². The van der Waals surface area contributed by atoms with Crippen molar-refractivity contribution in [3.8, 4) is 0 Å². The Bertz CT molecular complexity index is 941. The molecule has 25 heavy (non-hydrogen) atoms. The number of imidazole rings is 1. The number of carbonyl (C=O) groups is 1. The number of hydrogen-bond donors (Lipinski definition) is 1. The van der Waals surface area contributed by atoms with E-state index in [4.69, 9.17) is 0 Å². The van der Waals surface area contributed by atoms with Gasteiger partial charge in [-0.05, 0) is 43.2 Å². The van der Waals surface area contributed by atoms with Crippen LogP contribution in [0.2, 0.25) is 0 Å². The van der Waals surface area contributed by atoms with E-state index in [1.54, 1.807) is 16.7 Å². The van der Waals surface area contributed by atoms with E-state index in [0.717, 1.165) is 16.6 Å². The second kappa shape index (κ2) is 7.34. The molecule has 0 aliphatic carbocycles. The molecular formula is C19H20FN3O2. The molecule has 0 bridgehead atoms. The van der Waals surface area contributed by atoms with Crippen molar-refractivity contribution in [3.05, 3.63) is 70.4 Å². The molecule has 0 unspecified atom stereocenters. The van der Waals surface area contributed by atoms with E-state index < -0.39 is 0 Å². The Hall–Kier alpha value is -2.89. The van der Waals surface area contributed by atoms with Gasteiger partial charge in [-0.3, -0.25) is 13.9 Å². The molecule has 0 saturated carbocycles. The molecule has 1 aromatic heterocycles. The molecule has 1 N–H and O–H groups in total. The lowest BCUT2D eigenvalue weighted by Gasteiger charge is -2.06. The first-order valence-electron chi connectivity index (χ1n) is 8.29. The molecule has 2 aromatic carbocycles. The summed E-state index contributed by atoms with van der Waals surface area (Å²) in [5.41, 5.74) is 2.34. The fourth-order valence-electron chi connectivity index (χ4n) is 2.93. The number of carbonyl (C=O) groups excluding carboxylic acids is 1. The van der Waals surface area contributed by atoms with E-state index in [1.165, 1.54) is 16.7 Å². The van der Waals surface area contributed by atoms with Crippen molar-refractivity contribution in [3.63, 3.8) is 0 Å². The van der Waals surface area contributed by atoms with Crippen LogP contribution in [-0.2, 0) is 24.3 Å². The highest BCUT2D eigenvalue weighted by molar-refractivity contribution is 5.80. The third-order valence-electron chi connectivity index (χ3n) is 4.19. The van der Waals surface area contributed by atoms with Gasteiger partial charge in [0.1, 0.15) is 12.4 Å².